The van der Waals surface area contributed by atoms with Crippen molar-refractivity contribution in [3.63, 3.8) is 0 Å². The van der Waals surface area contributed by atoms with Gasteiger partial charge in [-0.2, -0.15) is 0 Å². The second-order valence-corrected chi connectivity index (χ2v) is 7.05. The van der Waals surface area contributed by atoms with E-state index in [0.29, 0.717) is 5.92 Å². The SMILES string of the molecule is CC1=C(c2ccc(F)cc2)C2CN(CC=C2c2ccc(Cl)cc2)C1. The fraction of sp³-hybridized carbons (Fsp3) is 0.238. The summed E-state index contributed by atoms with van der Waals surface area (Å²) in [7, 11) is 0. The topological polar surface area (TPSA) is 3.24 Å². The number of rotatable bonds is 2. The zero-order valence-corrected chi connectivity index (χ0v) is 14.4. The summed E-state index contributed by atoms with van der Waals surface area (Å²) < 4.78 is 13.3. The molecule has 0 saturated heterocycles. The summed E-state index contributed by atoms with van der Waals surface area (Å²) in [5.41, 5.74) is 6.41. The quantitative estimate of drug-likeness (QED) is 0.719. The Labute approximate surface area is 147 Å². The second kappa shape index (κ2) is 6.19. The van der Waals surface area contributed by atoms with Crippen LogP contribution in [0.2, 0.25) is 5.02 Å². The van der Waals surface area contributed by atoms with Gasteiger partial charge in [-0.15, -0.1) is 0 Å². The molecular weight excluding hydrogens is 321 g/mol. The normalized spacial score (nSPS) is 23.2. The first-order chi connectivity index (χ1) is 11.6. The lowest BCUT2D eigenvalue weighted by atomic mass is 9.76. The van der Waals surface area contributed by atoms with Crippen molar-refractivity contribution in [2.24, 2.45) is 5.92 Å². The van der Waals surface area contributed by atoms with Gasteiger partial charge in [0.05, 0.1) is 0 Å². The molecule has 0 amide bonds. The second-order valence-electron chi connectivity index (χ2n) is 6.61. The van der Waals surface area contributed by atoms with Crippen LogP contribution in [0, 0.1) is 11.7 Å². The summed E-state index contributed by atoms with van der Waals surface area (Å²) in [5.74, 6) is 0.130. The molecule has 0 N–H and O–H groups in total. The molecule has 0 spiro atoms. The Hall–Kier alpha value is -1.90. The molecule has 2 aromatic rings. The van der Waals surface area contributed by atoms with Gasteiger partial charge in [0.2, 0.25) is 0 Å². The highest BCUT2D eigenvalue weighted by Gasteiger charge is 2.32. The number of halogens is 2. The summed E-state index contributed by atoms with van der Waals surface area (Å²) in [4.78, 5) is 2.46. The van der Waals surface area contributed by atoms with Crippen LogP contribution in [0.25, 0.3) is 11.1 Å². The van der Waals surface area contributed by atoms with E-state index in [1.165, 1.54) is 22.3 Å². The van der Waals surface area contributed by atoms with E-state index >= 15 is 0 Å². The van der Waals surface area contributed by atoms with Crippen molar-refractivity contribution in [1.82, 2.24) is 4.90 Å². The van der Waals surface area contributed by atoms with Crippen LogP contribution in [0.15, 0.2) is 60.2 Å². The number of benzene rings is 2. The maximum absolute atomic E-state index is 13.3. The maximum Gasteiger partial charge on any atom is 0.123 e. The average molecular weight is 340 g/mol. The molecule has 0 saturated carbocycles. The van der Waals surface area contributed by atoms with Gasteiger partial charge in [-0.05, 0) is 53.5 Å². The first kappa shape index (κ1) is 15.6. The highest BCUT2D eigenvalue weighted by molar-refractivity contribution is 6.30. The Bertz CT molecular complexity index is 818. The van der Waals surface area contributed by atoms with Gasteiger partial charge in [0.25, 0.3) is 0 Å². The van der Waals surface area contributed by atoms with Crippen molar-refractivity contribution in [1.29, 1.82) is 0 Å². The van der Waals surface area contributed by atoms with Crippen molar-refractivity contribution in [3.05, 3.63) is 82.1 Å². The van der Waals surface area contributed by atoms with E-state index in [1.807, 2.05) is 24.3 Å². The Morgan fingerprint density at radius 3 is 2.38 bits per heavy atom. The molecule has 2 aliphatic heterocycles. The van der Waals surface area contributed by atoms with E-state index in [2.05, 4.69) is 30.0 Å². The molecule has 0 fully saturated rings. The highest BCUT2D eigenvalue weighted by atomic mass is 35.5. The Balaban J connectivity index is 1.79. The molecule has 0 aliphatic carbocycles. The molecule has 2 bridgehead atoms. The zero-order chi connectivity index (χ0) is 16.7. The molecule has 2 aliphatic rings. The van der Waals surface area contributed by atoms with Gasteiger partial charge in [-0.25, -0.2) is 4.39 Å². The third-order valence-electron chi connectivity index (χ3n) is 4.99. The Morgan fingerprint density at radius 2 is 1.67 bits per heavy atom. The maximum atomic E-state index is 13.3. The fourth-order valence-corrected chi connectivity index (χ4v) is 4.06. The van der Waals surface area contributed by atoms with Gasteiger partial charge >= 0.3 is 0 Å². The van der Waals surface area contributed by atoms with Crippen molar-refractivity contribution >= 4 is 22.7 Å². The largest absolute Gasteiger partial charge is 0.295 e. The third-order valence-corrected chi connectivity index (χ3v) is 5.24. The summed E-state index contributed by atoms with van der Waals surface area (Å²) in [6, 6.07) is 15.0. The molecule has 122 valence electrons. The minimum Gasteiger partial charge on any atom is -0.295 e. The smallest absolute Gasteiger partial charge is 0.123 e. The number of nitrogens with zero attached hydrogens (tertiary/aromatic N) is 1. The Morgan fingerprint density at radius 1 is 1.00 bits per heavy atom. The monoisotopic (exact) mass is 339 g/mol. The minimum absolute atomic E-state index is 0.188. The van der Waals surface area contributed by atoms with Crippen LogP contribution in [0.4, 0.5) is 4.39 Å². The van der Waals surface area contributed by atoms with E-state index in [4.69, 9.17) is 11.6 Å². The standard InChI is InChI=1S/C21H19ClFN/c1-14-12-24-11-10-19(15-2-6-17(22)7-3-15)20(13-24)21(14)16-4-8-18(23)9-5-16/h2-10,20H,11-13H2,1H3. The van der Waals surface area contributed by atoms with Crippen LogP contribution >= 0.6 is 11.6 Å². The summed E-state index contributed by atoms with van der Waals surface area (Å²) in [6.45, 7) is 5.16. The lowest BCUT2D eigenvalue weighted by Gasteiger charge is -2.40. The fourth-order valence-electron chi connectivity index (χ4n) is 3.93. The van der Waals surface area contributed by atoms with Crippen molar-refractivity contribution in [2.45, 2.75) is 6.92 Å². The van der Waals surface area contributed by atoms with Gasteiger partial charge in [0.15, 0.2) is 0 Å². The predicted molar refractivity (Wildman–Crippen MR) is 98.4 cm³/mol. The molecule has 2 heterocycles. The lowest BCUT2D eigenvalue weighted by molar-refractivity contribution is 0.293. The van der Waals surface area contributed by atoms with Crippen molar-refractivity contribution in [3.8, 4) is 0 Å². The van der Waals surface area contributed by atoms with Gasteiger partial charge in [-0.1, -0.05) is 47.5 Å². The first-order valence-electron chi connectivity index (χ1n) is 8.26. The highest BCUT2D eigenvalue weighted by Crippen LogP contribution is 2.42. The summed E-state index contributed by atoms with van der Waals surface area (Å²) in [5, 5.41) is 0.755. The molecule has 0 radical (unpaired) electrons. The summed E-state index contributed by atoms with van der Waals surface area (Å²) in [6.07, 6.45) is 2.33. The van der Waals surface area contributed by atoms with Gasteiger partial charge < -0.3 is 0 Å². The van der Waals surface area contributed by atoms with Crippen LogP contribution in [-0.2, 0) is 0 Å². The molecule has 1 nitrogen and oxygen atoms in total. The Kier molecular flexibility index (Phi) is 4.03. The van der Waals surface area contributed by atoms with Crippen LogP contribution in [0.1, 0.15) is 18.1 Å². The lowest BCUT2D eigenvalue weighted by Crippen LogP contribution is -2.40. The number of hydrogen-bond acceptors (Lipinski definition) is 1. The molecule has 2 atom stereocenters. The molecule has 0 aromatic heterocycles. The van der Waals surface area contributed by atoms with E-state index in [0.717, 1.165) is 30.2 Å². The van der Waals surface area contributed by atoms with Crippen LogP contribution in [0.3, 0.4) is 0 Å². The average Bonchev–Trinajstić information content (AvgIpc) is 2.58. The molecule has 4 rings (SSSR count). The molecule has 2 aromatic carbocycles. The van der Waals surface area contributed by atoms with Crippen molar-refractivity contribution in [2.75, 3.05) is 19.6 Å². The molecule has 3 heteroatoms. The van der Waals surface area contributed by atoms with Crippen LogP contribution in [-0.4, -0.2) is 24.5 Å². The molecular formula is C21H19ClFN. The third kappa shape index (κ3) is 2.81. The first-order valence-corrected chi connectivity index (χ1v) is 8.63. The zero-order valence-electron chi connectivity index (χ0n) is 13.6. The van der Waals surface area contributed by atoms with E-state index in [9.17, 15) is 4.39 Å². The number of fused-ring (bicyclic) bond motifs is 2. The van der Waals surface area contributed by atoms with E-state index in [-0.39, 0.29) is 5.82 Å². The minimum atomic E-state index is -0.188. The molecule has 24 heavy (non-hydrogen) atoms. The van der Waals surface area contributed by atoms with E-state index in [1.54, 1.807) is 12.1 Å². The van der Waals surface area contributed by atoms with Crippen LogP contribution < -0.4 is 0 Å². The van der Waals surface area contributed by atoms with E-state index < -0.39 is 0 Å². The van der Waals surface area contributed by atoms with Gasteiger partial charge in [0.1, 0.15) is 5.82 Å². The summed E-state index contributed by atoms with van der Waals surface area (Å²) >= 11 is 6.05. The van der Waals surface area contributed by atoms with Crippen molar-refractivity contribution < 1.29 is 4.39 Å². The van der Waals surface area contributed by atoms with Gasteiger partial charge in [-0.3, -0.25) is 4.90 Å². The van der Waals surface area contributed by atoms with Gasteiger partial charge in [0, 0.05) is 30.6 Å². The predicted octanol–water partition coefficient (Wildman–Crippen LogP) is 5.28. The molecule has 2 unspecified atom stereocenters. The van der Waals surface area contributed by atoms with Crippen LogP contribution in [0.5, 0.6) is 0 Å². The number of hydrogen-bond donors (Lipinski definition) is 0.